The van der Waals surface area contributed by atoms with Gasteiger partial charge in [0, 0.05) is 24.7 Å². The van der Waals surface area contributed by atoms with E-state index in [4.69, 9.17) is 4.74 Å². The molecule has 2 N–H and O–H groups in total. The topological polar surface area (TPSA) is 63.2 Å². The van der Waals surface area contributed by atoms with Crippen molar-refractivity contribution in [2.24, 2.45) is 0 Å². The Morgan fingerprint density at radius 3 is 3.14 bits per heavy atom. The molecule has 2 atom stereocenters. The smallest absolute Gasteiger partial charge is 0.240 e. The van der Waals surface area contributed by atoms with E-state index in [0.717, 1.165) is 16.5 Å². The van der Waals surface area contributed by atoms with E-state index in [0.29, 0.717) is 19.7 Å². The van der Waals surface area contributed by atoms with Gasteiger partial charge in [-0.1, -0.05) is 24.3 Å². The van der Waals surface area contributed by atoms with E-state index >= 15 is 0 Å². The van der Waals surface area contributed by atoms with E-state index in [1.807, 2.05) is 37.3 Å². The Hall–Kier alpha value is -1.98. The van der Waals surface area contributed by atoms with Gasteiger partial charge in [0.15, 0.2) is 0 Å². The van der Waals surface area contributed by atoms with Crippen LogP contribution in [-0.4, -0.2) is 36.2 Å². The number of para-hydroxylation sites is 1. The van der Waals surface area contributed by atoms with Crippen LogP contribution in [0.2, 0.25) is 0 Å². The number of morpholine rings is 1. The van der Waals surface area contributed by atoms with Gasteiger partial charge in [-0.2, -0.15) is 0 Å². The molecule has 2 aromatic rings. The number of carbonyl (C=O) groups is 1. The highest BCUT2D eigenvalue weighted by Gasteiger charge is 2.27. The number of fused-ring (bicyclic) bond motifs is 1. The summed E-state index contributed by atoms with van der Waals surface area (Å²) in [6, 6.07) is 9.63. The normalized spacial score (nSPS) is 22.1. The van der Waals surface area contributed by atoms with Crippen LogP contribution in [0.25, 0.3) is 10.9 Å². The molecule has 0 aliphatic carbocycles. The maximum atomic E-state index is 12.2. The molecule has 1 saturated heterocycles. The van der Waals surface area contributed by atoms with Crippen molar-refractivity contribution in [3.8, 4) is 0 Å². The monoisotopic (exact) mass is 285 g/mol. The number of hydrogen-bond donors (Lipinski definition) is 2. The summed E-state index contributed by atoms with van der Waals surface area (Å²) >= 11 is 0. The number of benzene rings is 1. The van der Waals surface area contributed by atoms with Gasteiger partial charge in [0.05, 0.1) is 18.2 Å². The van der Waals surface area contributed by atoms with Gasteiger partial charge in [-0.15, -0.1) is 0 Å². The Kier molecular flexibility index (Phi) is 4.13. The highest BCUT2D eigenvalue weighted by atomic mass is 16.5. The van der Waals surface area contributed by atoms with E-state index in [1.165, 1.54) is 0 Å². The van der Waals surface area contributed by atoms with Crippen LogP contribution in [0.15, 0.2) is 36.5 Å². The number of nitrogens with one attached hydrogen (secondary N) is 2. The van der Waals surface area contributed by atoms with Crippen LogP contribution in [0.5, 0.6) is 0 Å². The summed E-state index contributed by atoms with van der Waals surface area (Å²) in [7, 11) is 0. The van der Waals surface area contributed by atoms with Gasteiger partial charge < -0.3 is 15.4 Å². The third-order valence-electron chi connectivity index (χ3n) is 3.77. The molecule has 1 fully saturated rings. The fourth-order valence-corrected chi connectivity index (χ4v) is 2.63. The Morgan fingerprint density at radius 2 is 2.29 bits per heavy atom. The first kappa shape index (κ1) is 14.0. The predicted octanol–water partition coefficient (Wildman–Crippen LogP) is 1.23. The zero-order chi connectivity index (χ0) is 14.7. The fourth-order valence-electron chi connectivity index (χ4n) is 2.63. The lowest BCUT2D eigenvalue weighted by molar-refractivity contribution is -0.129. The van der Waals surface area contributed by atoms with Crippen LogP contribution < -0.4 is 10.6 Å². The number of amides is 1. The van der Waals surface area contributed by atoms with Crippen molar-refractivity contribution in [1.82, 2.24) is 15.6 Å². The van der Waals surface area contributed by atoms with Crippen molar-refractivity contribution in [3.05, 3.63) is 42.1 Å². The second-order valence-electron chi connectivity index (χ2n) is 5.22. The SMILES string of the molecule is C[C@H]1OCCN[C@@H]1C(=O)NCc1cccc2cccnc12. The zero-order valence-corrected chi connectivity index (χ0v) is 12.0. The number of nitrogens with zero attached hydrogens (tertiary/aromatic N) is 1. The predicted molar refractivity (Wildman–Crippen MR) is 80.8 cm³/mol. The van der Waals surface area contributed by atoms with Crippen LogP contribution in [0, 0.1) is 0 Å². The number of carbonyl (C=O) groups excluding carboxylic acids is 1. The van der Waals surface area contributed by atoms with Crippen LogP contribution in [0.4, 0.5) is 0 Å². The molecule has 5 heteroatoms. The van der Waals surface area contributed by atoms with E-state index in [1.54, 1.807) is 6.20 Å². The third kappa shape index (κ3) is 3.04. The quantitative estimate of drug-likeness (QED) is 0.890. The molecule has 3 rings (SSSR count). The Morgan fingerprint density at radius 1 is 1.43 bits per heavy atom. The average Bonchev–Trinajstić information content (AvgIpc) is 2.53. The number of ether oxygens (including phenoxy) is 1. The highest BCUT2D eigenvalue weighted by molar-refractivity contribution is 5.84. The lowest BCUT2D eigenvalue weighted by Gasteiger charge is -2.29. The molecule has 5 nitrogen and oxygen atoms in total. The maximum Gasteiger partial charge on any atom is 0.240 e. The molecule has 1 aliphatic rings. The molecular weight excluding hydrogens is 266 g/mol. The molecule has 1 aromatic carbocycles. The molecule has 0 bridgehead atoms. The van der Waals surface area contributed by atoms with Gasteiger partial charge in [0.25, 0.3) is 0 Å². The molecule has 0 radical (unpaired) electrons. The van der Waals surface area contributed by atoms with Crippen LogP contribution in [-0.2, 0) is 16.1 Å². The summed E-state index contributed by atoms with van der Waals surface area (Å²) in [5, 5.41) is 7.24. The van der Waals surface area contributed by atoms with Gasteiger partial charge in [-0.05, 0) is 18.6 Å². The van der Waals surface area contributed by atoms with Gasteiger partial charge >= 0.3 is 0 Å². The maximum absolute atomic E-state index is 12.2. The average molecular weight is 285 g/mol. The van der Waals surface area contributed by atoms with Crippen LogP contribution in [0.1, 0.15) is 12.5 Å². The van der Waals surface area contributed by atoms with Gasteiger partial charge in [0.2, 0.25) is 5.91 Å². The summed E-state index contributed by atoms with van der Waals surface area (Å²) in [5.74, 6) is -0.0323. The molecule has 0 unspecified atom stereocenters. The standard InChI is InChI=1S/C16H19N3O2/c1-11-14(18-8-9-21-11)16(20)19-10-13-5-2-4-12-6-3-7-17-15(12)13/h2-7,11,14,18H,8-10H2,1H3,(H,19,20)/t11-,14+/m1/s1. The second-order valence-corrected chi connectivity index (χ2v) is 5.22. The Labute approximate surface area is 123 Å². The first-order chi connectivity index (χ1) is 10.3. The van der Waals surface area contributed by atoms with Crippen molar-refractivity contribution < 1.29 is 9.53 Å². The van der Waals surface area contributed by atoms with Crippen LogP contribution in [0.3, 0.4) is 0 Å². The molecule has 0 saturated carbocycles. The van der Waals surface area contributed by atoms with E-state index in [9.17, 15) is 4.79 Å². The molecule has 1 aliphatic heterocycles. The van der Waals surface area contributed by atoms with Gasteiger partial charge in [0.1, 0.15) is 6.04 Å². The Bertz CT molecular complexity index is 639. The lowest BCUT2D eigenvalue weighted by Crippen LogP contribution is -2.55. The summed E-state index contributed by atoms with van der Waals surface area (Å²) in [4.78, 5) is 16.6. The first-order valence-corrected chi connectivity index (χ1v) is 7.21. The number of hydrogen-bond acceptors (Lipinski definition) is 4. The molecular formula is C16H19N3O2. The Balaban J connectivity index is 1.70. The van der Waals surface area contributed by atoms with Gasteiger partial charge in [-0.25, -0.2) is 0 Å². The first-order valence-electron chi connectivity index (χ1n) is 7.21. The van der Waals surface area contributed by atoms with E-state index < -0.39 is 0 Å². The lowest BCUT2D eigenvalue weighted by atomic mass is 10.1. The molecule has 0 spiro atoms. The summed E-state index contributed by atoms with van der Waals surface area (Å²) in [5.41, 5.74) is 1.95. The van der Waals surface area contributed by atoms with E-state index in [-0.39, 0.29) is 18.1 Å². The molecule has 110 valence electrons. The van der Waals surface area contributed by atoms with Crippen molar-refractivity contribution >= 4 is 16.8 Å². The minimum atomic E-state index is -0.290. The number of pyridine rings is 1. The van der Waals surface area contributed by atoms with Crippen molar-refractivity contribution in [2.75, 3.05) is 13.2 Å². The highest BCUT2D eigenvalue weighted by Crippen LogP contribution is 2.15. The van der Waals surface area contributed by atoms with Crippen LogP contribution >= 0.6 is 0 Å². The summed E-state index contributed by atoms with van der Waals surface area (Å²) < 4.78 is 5.50. The third-order valence-corrected chi connectivity index (χ3v) is 3.77. The summed E-state index contributed by atoms with van der Waals surface area (Å²) in [6.07, 6.45) is 1.66. The largest absolute Gasteiger partial charge is 0.375 e. The minimum absolute atomic E-state index is 0.0323. The minimum Gasteiger partial charge on any atom is -0.375 e. The summed E-state index contributed by atoms with van der Waals surface area (Å²) in [6.45, 7) is 3.74. The number of rotatable bonds is 3. The zero-order valence-electron chi connectivity index (χ0n) is 12.0. The number of aromatic nitrogens is 1. The molecule has 2 heterocycles. The van der Waals surface area contributed by atoms with E-state index in [2.05, 4.69) is 15.6 Å². The van der Waals surface area contributed by atoms with Crippen molar-refractivity contribution in [1.29, 1.82) is 0 Å². The molecule has 21 heavy (non-hydrogen) atoms. The van der Waals surface area contributed by atoms with Crippen molar-refractivity contribution in [3.63, 3.8) is 0 Å². The fraction of sp³-hybridized carbons (Fsp3) is 0.375. The second kappa shape index (κ2) is 6.20. The molecule has 1 amide bonds. The van der Waals surface area contributed by atoms with Gasteiger partial charge in [-0.3, -0.25) is 9.78 Å². The molecule has 1 aromatic heterocycles. The van der Waals surface area contributed by atoms with Crippen molar-refractivity contribution in [2.45, 2.75) is 25.6 Å².